The van der Waals surface area contributed by atoms with Crippen molar-refractivity contribution in [1.82, 2.24) is 24.5 Å². The Morgan fingerprint density at radius 2 is 2.04 bits per heavy atom. The SMILES string of the molecule is COCC1CCN(Cc2cnc3c(-c4ccnc(C)c4)cnn3c2)CC1. The van der Waals surface area contributed by atoms with E-state index in [0.29, 0.717) is 5.92 Å². The first kappa shape index (κ1) is 17.1. The van der Waals surface area contributed by atoms with E-state index >= 15 is 0 Å². The summed E-state index contributed by atoms with van der Waals surface area (Å²) in [6.45, 7) is 6.04. The second-order valence-electron chi connectivity index (χ2n) is 7.15. The van der Waals surface area contributed by atoms with Crippen LogP contribution in [0.5, 0.6) is 0 Å². The van der Waals surface area contributed by atoms with Gasteiger partial charge in [0.15, 0.2) is 5.65 Å². The van der Waals surface area contributed by atoms with Crippen molar-refractivity contribution < 1.29 is 4.74 Å². The molecule has 3 aromatic rings. The molecule has 3 aromatic heterocycles. The summed E-state index contributed by atoms with van der Waals surface area (Å²) in [5.74, 6) is 0.703. The van der Waals surface area contributed by atoms with Crippen molar-refractivity contribution in [2.45, 2.75) is 26.3 Å². The lowest BCUT2D eigenvalue weighted by Crippen LogP contribution is -2.34. The van der Waals surface area contributed by atoms with Gasteiger partial charge in [0, 0.05) is 55.7 Å². The van der Waals surface area contributed by atoms with Crippen molar-refractivity contribution in [2.24, 2.45) is 5.92 Å². The van der Waals surface area contributed by atoms with Crippen molar-refractivity contribution >= 4 is 5.65 Å². The van der Waals surface area contributed by atoms with Gasteiger partial charge in [-0.2, -0.15) is 5.10 Å². The number of likely N-dealkylation sites (tertiary alicyclic amines) is 1. The molecule has 136 valence electrons. The van der Waals surface area contributed by atoms with Crippen LogP contribution in [0.25, 0.3) is 16.8 Å². The average molecular weight is 351 g/mol. The van der Waals surface area contributed by atoms with Gasteiger partial charge in [0.2, 0.25) is 0 Å². The molecule has 4 rings (SSSR count). The van der Waals surface area contributed by atoms with Crippen molar-refractivity contribution in [3.8, 4) is 11.1 Å². The number of pyridine rings is 1. The molecular formula is C20H25N5O. The normalized spacial score (nSPS) is 16.4. The number of rotatable bonds is 5. The molecule has 0 aliphatic carbocycles. The molecule has 6 nitrogen and oxygen atoms in total. The van der Waals surface area contributed by atoms with Crippen molar-refractivity contribution in [2.75, 3.05) is 26.8 Å². The zero-order valence-corrected chi connectivity index (χ0v) is 15.4. The Kier molecular flexibility index (Phi) is 4.95. The molecule has 1 saturated heterocycles. The number of hydrogen-bond donors (Lipinski definition) is 0. The summed E-state index contributed by atoms with van der Waals surface area (Å²) >= 11 is 0. The van der Waals surface area contributed by atoms with E-state index in [4.69, 9.17) is 9.72 Å². The molecule has 0 saturated carbocycles. The van der Waals surface area contributed by atoms with Gasteiger partial charge < -0.3 is 4.74 Å². The van der Waals surface area contributed by atoms with Crippen molar-refractivity contribution in [3.05, 3.63) is 48.2 Å². The second-order valence-corrected chi connectivity index (χ2v) is 7.15. The van der Waals surface area contributed by atoms with Gasteiger partial charge in [-0.3, -0.25) is 9.88 Å². The molecule has 0 radical (unpaired) electrons. The molecule has 1 aliphatic rings. The highest BCUT2D eigenvalue weighted by Crippen LogP contribution is 2.24. The first-order chi connectivity index (χ1) is 12.7. The van der Waals surface area contributed by atoms with Crippen LogP contribution in [-0.2, 0) is 11.3 Å². The fourth-order valence-electron chi connectivity index (χ4n) is 3.72. The van der Waals surface area contributed by atoms with Crippen LogP contribution in [0.1, 0.15) is 24.1 Å². The number of fused-ring (bicyclic) bond motifs is 1. The summed E-state index contributed by atoms with van der Waals surface area (Å²) < 4.78 is 7.17. The Morgan fingerprint density at radius 1 is 1.19 bits per heavy atom. The molecule has 6 heteroatoms. The summed E-state index contributed by atoms with van der Waals surface area (Å²) in [6.07, 6.45) is 10.2. The lowest BCUT2D eigenvalue weighted by atomic mass is 9.97. The maximum Gasteiger partial charge on any atom is 0.162 e. The second kappa shape index (κ2) is 7.51. The zero-order chi connectivity index (χ0) is 17.9. The van der Waals surface area contributed by atoms with E-state index in [-0.39, 0.29) is 0 Å². The quantitative estimate of drug-likeness (QED) is 0.707. The highest BCUT2D eigenvalue weighted by atomic mass is 16.5. The Labute approximate surface area is 153 Å². The molecule has 0 unspecified atom stereocenters. The highest BCUT2D eigenvalue weighted by Gasteiger charge is 2.19. The third-order valence-corrected chi connectivity index (χ3v) is 5.13. The molecule has 0 atom stereocenters. The van der Waals surface area contributed by atoms with Gasteiger partial charge in [0.25, 0.3) is 0 Å². The predicted molar refractivity (Wildman–Crippen MR) is 101 cm³/mol. The lowest BCUT2D eigenvalue weighted by Gasteiger charge is -2.31. The van der Waals surface area contributed by atoms with Gasteiger partial charge in [-0.05, 0) is 56.5 Å². The molecule has 1 fully saturated rings. The molecular weight excluding hydrogens is 326 g/mol. The molecule has 26 heavy (non-hydrogen) atoms. The van der Waals surface area contributed by atoms with Crippen molar-refractivity contribution in [3.63, 3.8) is 0 Å². The van der Waals surface area contributed by atoms with E-state index in [9.17, 15) is 0 Å². The molecule has 4 heterocycles. The standard InChI is InChI=1S/C20H25N5O/c1-15-9-18(3-6-21-15)19-11-23-25-13-17(10-22-20(19)25)12-24-7-4-16(5-8-24)14-26-2/h3,6,9-11,13,16H,4-5,7-8,12,14H2,1-2H3. The van der Waals surface area contributed by atoms with Crippen LogP contribution in [0, 0.1) is 12.8 Å². The lowest BCUT2D eigenvalue weighted by molar-refractivity contribution is 0.0967. The van der Waals surface area contributed by atoms with E-state index in [1.165, 1.54) is 18.4 Å². The largest absolute Gasteiger partial charge is 0.384 e. The highest BCUT2D eigenvalue weighted by molar-refractivity contribution is 5.76. The molecule has 0 amide bonds. The maximum absolute atomic E-state index is 5.29. The van der Waals surface area contributed by atoms with Gasteiger partial charge >= 0.3 is 0 Å². The minimum absolute atomic E-state index is 0.703. The zero-order valence-electron chi connectivity index (χ0n) is 15.4. The number of hydrogen-bond acceptors (Lipinski definition) is 5. The van der Waals surface area contributed by atoms with Crippen LogP contribution in [0.3, 0.4) is 0 Å². The van der Waals surface area contributed by atoms with Crippen molar-refractivity contribution in [1.29, 1.82) is 0 Å². The first-order valence-electron chi connectivity index (χ1n) is 9.19. The smallest absolute Gasteiger partial charge is 0.162 e. The fraction of sp³-hybridized carbons (Fsp3) is 0.450. The number of ether oxygens (including phenoxy) is 1. The summed E-state index contributed by atoms with van der Waals surface area (Å²) in [4.78, 5) is 11.4. The van der Waals surface area contributed by atoms with E-state index in [0.717, 1.165) is 48.7 Å². The van der Waals surface area contributed by atoms with E-state index in [2.05, 4.69) is 27.2 Å². The molecule has 0 aromatic carbocycles. The van der Waals surface area contributed by atoms with Crippen LogP contribution >= 0.6 is 0 Å². The molecule has 0 N–H and O–H groups in total. The monoisotopic (exact) mass is 351 g/mol. The molecule has 0 spiro atoms. The molecule has 1 aliphatic heterocycles. The Bertz CT molecular complexity index is 883. The van der Waals surface area contributed by atoms with E-state index < -0.39 is 0 Å². The number of aromatic nitrogens is 4. The predicted octanol–water partition coefficient (Wildman–Crippen LogP) is 2.96. The number of piperidine rings is 1. The number of nitrogens with zero attached hydrogens (tertiary/aromatic N) is 5. The Morgan fingerprint density at radius 3 is 2.81 bits per heavy atom. The summed E-state index contributed by atoms with van der Waals surface area (Å²) in [7, 11) is 1.79. The van der Waals surface area contributed by atoms with Gasteiger partial charge in [0.1, 0.15) is 0 Å². The van der Waals surface area contributed by atoms with Gasteiger partial charge in [-0.1, -0.05) is 0 Å². The van der Waals surface area contributed by atoms with E-state index in [1.807, 2.05) is 36.1 Å². The topological polar surface area (TPSA) is 55.5 Å². The first-order valence-corrected chi connectivity index (χ1v) is 9.19. The molecule has 0 bridgehead atoms. The van der Waals surface area contributed by atoms with Crippen LogP contribution in [0.2, 0.25) is 0 Å². The van der Waals surface area contributed by atoms with Gasteiger partial charge in [-0.15, -0.1) is 0 Å². The number of methoxy groups -OCH3 is 1. The maximum atomic E-state index is 5.29. The fourth-order valence-corrected chi connectivity index (χ4v) is 3.72. The Balaban J connectivity index is 1.49. The summed E-state index contributed by atoms with van der Waals surface area (Å²) in [5.41, 5.74) is 5.23. The van der Waals surface area contributed by atoms with Crippen LogP contribution in [0.15, 0.2) is 36.9 Å². The van der Waals surface area contributed by atoms with E-state index in [1.54, 1.807) is 7.11 Å². The van der Waals surface area contributed by atoms with Crippen LogP contribution in [-0.4, -0.2) is 51.3 Å². The average Bonchev–Trinajstić information content (AvgIpc) is 3.07. The number of aryl methyl sites for hydroxylation is 1. The third kappa shape index (κ3) is 3.61. The van der Waals surface area contributed by atoms with Gasteiger partial charge in [0.05, 0.1) is 6.20 Å². The van der Waals surface area contributed by atoms with Crippen LogP contribution < -0.4 is 0 Å². The minimum atomic E-state index is 0.703. The minimum Gasteiger partial charge on any atom is -0.384 e. The summed E-state index contributed by atoms with van der Waals surface area (Å²) in [6, 6.07) is 4.07. The van der Waals surface area contributed by atoms with Crippen LogP contribution in [0.4, 0.5) is 0 Å². The summed E-state index contributed by atoms with van der Waals surface area (Å²) in [5, 5.41) is 4.51. The third-order valence-electron chi connectivity index (χ3n) is 5.13. The Hall–Kier alpha value is -2.31. The van der Waals surface area contributed by atoms with Gasteiger partial charge in [-0.25, -0.2) is 9.50 Å².